The van der Waals surface area contributed by atoms with Gasteiger partial charge in [-0.1, -0.05) is 31.2 Å². The summed E-state index contributed by atoms with van der Waals surface area (Å²) in [6, 6.07) is 8.82. The van der Waals surface area contributed by atoms with Crippen LogP contribution in [-0.2, 0) is 22.7 Å². The van der Waals surface area contributed by atoms with Crippen LogP contribution < -0.4 is 5.32 Å². The molecule has 1 aliphatic carbocycles. The summed E-state index contributed by atoms with van der Waals surface area (Å²) < 4.78 is 22.7. The zero-order chi connectivity index (χ0) is 12.3. The SMILES string of the molecule is CCS(=O)(=O)CCNC1Cc2ccccc2C1. The van der Waals surface area contributed by atoms with Crippen molar-refractivity contribution < 1.29 is 8.42 Å². The van der Waals surface area contributed by atoms with E-state index in [1.807, 2.05) is 0 Å². The Kier molecular flexibility index (Phi) is 3.84. The van der Waals surface area contributed by atoms with Gasteiger partial charge in [0, 0.05) is 18.3 Å². The third-order valence-corrected chi connectivity index (χ3v) is 5.04. The Morgan fingerprint density at radius 2 is 1.82 bits per heavy atom. The molecule has 1 aromatic rings. The van der Waals surface area contributed by atoms with Gasteiger partial charge in [0.2, 0.25) is 0 Å². The first kappa shape index (κ1) is 12.6. The van der Waals surface area contributed by atoms with Gasteiger partial charge in [-0.2, -0.15) is 0 Å². The number of hydrogen-bond acceptors (Lipinski definition) is 3. The molecule has 0 amide bonds. The second kappa shape index (κ2) is 5.19. The molecule has 0 unspecified atom stereocenters. The molecule has 1 N–H and O–H groups in total. The van der Waals surface area contributed by atoms with Crippen molar-refractivity contribution in [3.63, 3.8) is 0 Å². The summed E-state index contributed by atoms with van der Waals surface area (Å²) in [4.78, 5) is 0. The third kappa shape index (κ3) is 3.30. The average Bonchev–Trinajstić information content (AvgIpc) is 2.71. The molecule has 0 bridgehead atoms. The van der Waals surface area contributed by atoms with Crippen molar-refractivity contribution in [3.8, 4) is 0 Å². The predicted octanol–water partition coefficient (Wildman–Crippen LogP) is 1.18. The molecule has 0 heterocycles. The van der Waals surface area contributed by atoms with Crippen molar-refractivity contribution in [2.75, 3.05) is 18.1 Å². The molecule has 17 heavy (non-hydrogen) atoms. The highest BCUT2D eigenvalue weighted by molar-refractivity contribution is 7.91. The second-order valence-electron chi connectivity index (χ2n) is 4.56. The number of nitrogens with one attached hydrogen (secondary N) is 1. The van der Waals surface area contributed by atoms with Crippen LogP contribution in [0.1, 0.15) is 18.1 Å². The van der Waals surface area contributed by atoms with E-state index in [-0.39, 0.29) is 11.5 Å². The summed E-state index contributed by atoms with van der Waals surface area (Å²) in [5.74, 6) is 0.482. The van der Waals surface area contributed by atoms with E-state index < -0.39 is 9.84 Å². The van der Waals surface area contributed by atoms with Gasteiger partial charge in [-0.3, -0.25) is 0 Å². The van der Waals surface area contributed by atoms with Crippen molar-refractivity contribution >= 4 is 9.84 Å². The maximum atomic E-state index is 11.4. The quantitative estimate of drug-likeness (QED) is 0.857. The second-order valence-corrected chi connectivity index (χ2v) is 7.04. The van der Waals surface area contributed by atoms with Crippen molar-refractivity contribution in [2.45, 2.75) is 25.8 Å². The Balaban J connectivity index is 1.81. The lowest BCUT2D eigenvalue weighted by Crippen LogP contribution is -2.33. The molecule has 0 saturated heterocycles. The Morgan fingerprint density at radius 1 is 1.24 bits per heavy atom. The first-order valence-electron chi connectivity index (χ1n) is 6.11. The van der Waals surface area contributed by atoms with Gasteiger partial charge in [0.15, 0.2) is 9.84 Å². The van der Waals surface area contributed by atoms with Crippen LogP contribution in [-0.4, -0.2) is 32.5 Å². The molecule has 0 radical (unpaired) electrons. The molecule has 94 valence electrons. The normalized spacial score (nSPS) is 16.1. The molecule has 0 aromatic heterocycles. The van der Waals surface area contributed by atoms with Crippen LogP contribution in [0.15, 0.2) is 24.3 Å². The van der Waals surface area contributed by atoms with Crippen LogP contribution in [0.4, 0.5) is 0 Å². The van der Waals surface area contributed by atoms with E-state index in [2.05, 4.69) is 29.6 Å². The summed E-state index contributed by atoms with van der Waals surface area (Å²) in [7, 11) is -2.84. The van der Waals surface area contributed by atoms with Crippen molar-refractivity contribution in [1.82, 2.24) is 5.32 Å². The van der Waals surface area contributed by atoms with Crippen molar-refractivity contribution in [1.29, 1.82) is 0 Å². The van der Waals surface area contributed by atoms with Crippen LogP contribution in [0, 0.1) is 0 Å². The topological polar surface area (TPSA) is 46.2 Å². The minimum absolute atomic E-state index is 0.236. The van der Waals surface area contributed by atoms with E-state index in [4.69, 9.17) is 0 Å². The molecule has 3 nitrogen and oxygen atoms in total. The highest BCUT2D eigenvalue weighted by atomic mass is 32.2. The van der Waals surface area contributed by atoms with Crippen LogP contribution in [0.25, 0.3) is 0 Å². The fourth-order valence-electron chi connectivity index (χ4n) is 2.27. The molecule has 0 saturated carbocycles. The first-order chi connectivity index (χ1) is 8.11. The van der Waals surface area contributed by atoms with Gasteiger partial charge in [-0.05, 0) is 24.0 Å². The van der Waals surface area contributed by atoms with Crippen LogP contribution in [0.5, 0.6) is 0 Å². The van der Waals surface area contributed by atoms with E-state index in [0.29, 0.717) is 12.6 Å². The third-order valence-electron chi connectivity index (χ3n) is 3.34. The lowest BCUT2D eigenvalue weighted by Gasteiger charge is -2.11. The lowest BCUT2D eigenvalue weighted by molar-refractivity contribution is 0.544. The number of sulfone groups is 1. The summed E-state index contributed by atoms with van der Waals surface area (Å²) in [5.41, 5.74) is 2.78. The molecule has 1 aromatic carbocycles. The molecule has 0 atom stereocenters. The van der Waals surface area contributed by atoms with Crippen LogP contribution in [0.2, 0.25) is 0 Å². The molecule has 0 aliphatic heterocycles. The highest BCUT2D eigenvalue weighted by Crippen LogP contribution is 2.21. The van der Waals surface area contributed by atoms with E-state index in [0.717, 1.165) is 12.8 Å². The zero-order valence-electron chi connectivity index (χ0n) is 10.1. The average molecular weight is 253 g/mol. The van der Waals surface area contributed by atoms with Gasteiger partial charge in [0.05, 0.1) is 5.75 Å². The van der Waals surface area contributed by atoms with E-state index >= 15 is 0 Å². The largest absolute Gasteiger partial charge is 0.312 e. The molecule has 0 spiro atoms. The van der Waals surface area contributed by atoms with E-state index in [1.165, 1.54) is 11.1 Å². The van der Waals surface area contributed by atoms with Crippen LogP contribution >= 0.6 is 0 Å². The van der Waals surface area contributed by atoms with Crippen molar-refractivity contribution in [2.24, 2.45) is 0 Å². The Labute approximate surface area is 103 Å². The fourth-order valence-corrected chi connectivity index (χ4v) is 2.98. The monoisotopic (exact) mass is 253 g/mol. The lowest BCUT2D eigenvalue weighted by atomic mass is 10.1. The maximum Gasteiger partial charge on any atom is 0.151 e. The van der Waals surface area contributed by atoms with Gasteiger partial charge in [-0.15, -0.1) is 0 Å². The van der Waals surface area contributed by atoms with Crippen molar-refractivity contribution in [3.05, 3.63) is 35.4 Å². The van der Waals surface area contributed by atoms with Gasteiger partial charge in [-0.25, -0.2) is 8.42 Å². The minimum atomic E-state index is -2.84. The molecule has 0 fully saturated rings. The Bertz CT molecular complexity index is 457. The molecule has 4 heteroatoms. The Morgan fingerprint density at radius 3 is 2.35 bits per heavy atom. The number of hydrogen-bond donors (Lipinski definition) is 1. The number of fused-ring (bicyclic) bond motifs is 1. The Hall–Kier alpha value is -0.870. The number of benzene rings is 1. The van der Waals surface area contributed by atoms with Gasteiger partial charge in [0.1, 0.15) is 0 Å². The maximum absolute atomic E-state index is 11.4. The predicted molar refractivity (Wildman–Crippen MR) is 70.0 cm³/mol. The van der Waals surface area contributed by atoms with Gasteiger partial charge < -0.3 is 5.32 Å². The summed E-state index contributed by atoms with van der Waals surface area (Å²) in [5, 5.41) is 3.34. The molecule has 2 rings (SSSR count). The zero-order valence-corrected chi connectivity index (χ0v) is 11.0. The summed E-state index contributed by atoms with van der Waals surface area (Å²) in [6.45, 7) is 2.26. The van der Waals surface area contributed by atoms with E-state index in [9.17, 15) is 8.42 Å². The van der Waals surface area contributed by atoms with E-state index in [1.54, 1.807) is 6.92 Å². The number of rotatable bonds is 5. The highest BCUT2D eigenvalue weighted by Gasteiger charge is 2.20. The van der Waals surface area contributed by atoms with Gasteiger partial charge in [0.25, 0.3) is 0 Å². The summed E-state index contributed by atoms with van der Waals surface area (Å²) >= 11 is 0. The smallest absolute Gasteiger partial charge is 0.151 e. The first-order valence-corrected chi connectivity index (χ1v) is 7.93. The van der Waals surface area contributed by atoms with Crippen LogP contribution in [0.3, 0.4) is 0 Å². The fraction of sp³-hybridized carbons (Fsp3) is 0.538. The van der Waals surface area contributed by atoms with Gasteiger partial charge >= 0.3 is 0 Å². The standard InChI is InChI=1S/C13H19NO2S/c1-2-17(15,16)8-7-14-13-9-11-5-3-4-6-12(11)10-13/h3-6,13-14H,2,7-10H2,1H3. The summed E-state index contributed by atoms with van der Waals surface area (Å²) in [6.07, 6.45) is 2.03. The molecular formula is C13H19NO2S. The molecular weight excluding hydrogens is 234 g/mol. The minimum Gasteiger partial charge on any atom is -0.312 e. The molecule has 1 aliphatic rings.